The second-order valence-corrected chi connectivity index (χ2v) is 6.60. The Bertz CT molecular complexity index is 257. The van der Waals surface area contributed by atoms with E-state index in [9.17, 15) is 9.59 Å². The standard InChI is InChI=1S/C20H38O2/c1-4-7-9-11-13-16-19(21)18(15-6-3)20(22)17-14-12-10-8-5-2/h18H,4-17H2,1-3H3. The van der Waals surface area contributed by atoms with Gasteiger partial charge in [-0.1, -0.05) is 78.6 Å². The summed E-state index contributed by atoms with van der Waals surface area (Å²) in [6, 6.07) is 0. The van der Waals surface area contributed by atoms with Crippen molar-refractivity contribution >= 4 is 11.6 Å². The molecule has 0 bridgehead atoms. The van der Waals surface area contributed by atoms with Gasteiger partial charge in [-0.3, -0.25) is 9.59 Å². The van der Waals surface area contributed by atoms with Crippen molar-refractivity contribution in [1.29, 1.82) is 0 Å². The molecule has 0 fully saturated rings. The lowest BCUT2D eigenvalue weighted by atomic mass is 9.88. The first-order chi connectivity index (χ1) is 10.7. The number of hydrogen-bond acceptors (Lipinski definition) is 2. The molecule has 0 N–H and O–H groups in total. The fourth-order valence-electron chi connectivity index (χ4n) is 2.94. The molecule has 0 atom stereocenters. The van der Waals surface area contributed by atoms with Gasteiger partial charge in [-0.05, 0) is 19.3 Å². The summed E-state index contributed by atoms with van der Waals surface area (Å²) in [7, 11) is 0. The van der Waals surface area contributed by atoms with E-state index in [2.05, 4.69) is 20.8 Å². The van der Waals surface area contributed by atoms with Crippen molar-refractivity contribution in [2.45, 2.75) is 111 Å². The molecule has 0 spiro atoms. The van der Waals surface area contributed by atoms with E-state index in [0.29, 0.717) is 12.8 Å². The number of rotatable bonds is 16. The molecule has 0 aliphatic carbocycles. The Labute approximate surface area is 138 Å². The predicted octanol–water partition coefficient (Wildman–Crippen LogP) is 6.26. The van der Waals surface area contributed by atoms with Crippen molar-refractivity contribution in [3.05, 3.63) is 0 Å². The zero-order valence-electron chi connectivity index (χ0n) is 15.3. The molecule has 0 saturated carbocycles. The van der Waals surface area contributed by atoms with Crippen molar-refractivity contribution in [3.63, 3.8) is 0 Å². The maximum absolute atomic E-state index is 12.3. The summed E-state index contributed by atoms with van der Waals surface area (Å²) in [5, 5.41) is 0. The zero-order chi connectivity index (χ0) is 16.6. The molecule has 0 amide bonds. The first-order valence-electron chi connectivity index (χ1n) is 9.72. The van der Waals surface area contributed by atoms with E-state index < -0.39 is 0 Å². The molecular weight excluding hydrogens is 272 g/mol. The van der Waals surface area contributed by atoms with Crippen LogP contribution >= 0.6 is 0 Å². The van der Waals surface area contributed by atoms with Gasteiger partial charge < -0.3 is 0 Å². The highest BCUT2D eigenvalue weighted by Gasteiger charge is 2.24. The van der Waals surface area contributed by atoms with Crippen LogP contribution in [0.25, 0.3) is 0 Å². The van der Waals surface area contributed by atoms with E-state index in [1.807, 2.05) is 0 Å². The monoisotopic (exact) mass is 310 g/mol. The van der Waals surface area contributed by atoms with Gasteiger partial charge in [0.1, 0.15) is 11.6 Å². The summed E-state index contributed by atoms with van der Waals surface area (Å²) in [5.41, 5.74) is 0. The van der Waals surface area contributed by atoms with Crippen molar-refractivity contribution < 1.29 is 9.59 Å². The summed E-state index contributed by atoms with van der Waals surface area (Å²) in [6.07, 6.45) is 14.5. The fourth-order valence-corrected chi connectivity index (χ4v) is 2.94. The lowest BCUT2D eigenvalue weighted by Crippen LogP contribution is -2.24. The second kappa shape index (κ2) is 15.2. The van der Waals surface area contributed by atoms with E-state index in [0.717, 1.165) is 38.5 Å². The Morgan fingerprint density at radius 3 is 1.36 bits per heavy atom. The van der Waals surface area contributed by atoms with Gasteiger partial charge in [0.15, 0.2) is 0 Å². The summed E-state index contributed by atoms with van der Waals surface area (Å²) in [5.74, 6) is 0.108. The molecule has 2 nitrogen and oxygen atoms in total. The van der Waals surface area contributed by atoms with Crippen LogP contribution in [0.2, 0.25) is 0 Å². The Morgan fingerprint density at radius 2 is 1.00 bits per heavy atom. The fraction of sp³-hybridized carbons (Fsp3) is 0.900. The Hall–Kier alpha value is -0.660. The molecule has 130 valence electrons. The van der Waals surface area contributed by atoms with E-state index in [1.54, 1.807) is 0 Å². The quantitative estimate of drug-likeness (QED) is 0.249. The Morgan fingerprint density at radius 1 is 0.591 bits per heavy atom. The third-order valence-corrected chi connectivity index (χ3v) is 4.41. The highest BCUT2D eigenvalue weighted by Crippen LogP contribution is 2.18. The minimum absolute atomic E-state index is 0.205. The average Bonchev–Trinajstić information content (AvgIpc) is 2.51. The van der Waals surface area contributed by atoms with Gasteiger partial charge in [0.25, 0.3) is 0 Å². The first-order valence-corrected chi connectivity index (χ1v) is 9.72. The predicted molar refractivity (Wildman–Crippen MR) is 95.2 cm³/mol. The minimum atomic E-state index is -0.303. The van der Waals surface area contributed by atoms with Crippen LogP contribution in [0.3, 0.4) is 0 Å². The Kier molecular flexibility index (Phi) is 14.8. The van der Waals surface area contributed by atoms with Gasteiger partial charge in [-0.15, -0.1) is 0 Å². The number of ketones is 2. The molecular formula is C20H38O2. The number of hydrogen-bond donors (Lipinski definition) is 0. The number of carbonyl (C=O) groups excluding carboxylic acids is 2. The highest BCUT2D eigenvalue weighted by molar-refractivity contribution is 6.02. The second-order valence-electron chi connectivity index (χ2n) is 6.60. The van der Waals surface area contributed by atoms with Crippen LogP contribution < -0.4 is 0 Å². The maximum Gasteiger partial charge on any atom is 0.143 e. The zero-order valence-corrected chi connectivity index (χ0v) is 15.3. The number of unbranched alkanes of at least 4 members (excludes halogenated alkanes) is 8. The van der Waals surface area contributed by atoms with E-state index in [-0.39, 0.29) is 17.5 Å². The average molecular weight is 311 g/mol. The smallest absolute Gasteiger partial charge is 0.143 e. The molecule has 0 heterocycles. The molecule has 0 saturated heterocycles. The van der Waals surface area contributed by atoms with Crippen LogP contribution in [0.15, 0.2) is 0 Å². The Balaban J connectivity index is 4.03. The third kappa shape index (κ3) is 11.0. The van der Waals surface area contributed by atoms with Crippen LogP contribution in [-0.2, 0) is 9.59 Å². The van der Waals surface area contributed by atoms with Gasteiger partial charge in [-0.2, -0.15) is 0 Å². The molecule has 2 heteroatoms. The number of carbonyl (C=O) groups is 2. The molecule has 0 aromatic carbocycles. The normalized spacial score (nSPS) is 11.1. The molecule has 0 aromatic heterocycles. The van der Waals surface area contributed by atoms with E-state index >= 15 is 0 Å². The number of Topliss-reactive ketones (excluding diaryl/α,β-unsaturated/α-hetero) is 2. The van der Waals surface area contributed by atoms with Gasteiger partial charge >= 0.3 is 0 Å². The van der Waals surface area contributed by atoms with Crippen LogP contribution in [0.5, 0.6) is 0 Å². The first kappa shape index (κ1) is 21.3. The third-order valence-electron chi connectivity index (χ3n) is 4.41. The summed E-state index contributed by atoms with van der Waals surface area (Å²) < 4.78 is 0. The van der Waals surface area contributed by atoms with Crippen LogP contribution in [0.4, 0.5) is 0 Å². The molecule has 0 radical (unpaired) electrons. The van der Waals surface area contributed by atoms with Crippen molar-refractivity contribution in [2.75, 3.05) is 0 Å². The SMILES string of the molecule is CCCCCCCC(=O)C(CCC)C(=O)CCCCCCC. The van der Waals surface area contributed by atoms with Crippen molar-refractivity contribution in [3.8, 4) is 0 Å². The van der Waals surface area contributed by atoms with Gasteiger partial charge in [0, 0.05) is 12.8 Å². The van der Waals surface area contributed by atoms with Crippen LogP contribution in [0.1, 0.15) is 111 Å². The van der Waals surface area contributed by atoms with Crippen LogP contribution in [-0.4, -0.2) is 11.6 Å². The van der Waals surface area contributed by atoms with Crippen molar-refractivity contribution in [1.82, 2.24) is 0 Å². The van der Waals surface area contributed by atoms with Gasteiger partial charge in [0.2, 0.25) is 0 Å². The van der Waals surface area contributed by atoms with E-state index in [1.165, 1.54) is 38.5 Å². The largest absolute Gasteiger partial charge is 0.299 e. The van der Waals surface area contributed by atoms with Gasteiger partial charge in [-0.25, -0.2) is 0 Å². The van der Waals surface area contributed by atoms with E-state index in [4.69, 9.17) is 0 Å². The van der Waals surface area contributed by atoms with Crippen LogP contribution in [0, 0.1) is 5.92 Å². The highest BCUT2D eigenvalue weighted by atomic mass is 16.1. The van der Waals surface area contributed by atoms with Crippen molar-refractivity contribution in [2.24, 2.45) is 5.92 Å². The lowest BCUT2D eigenvalue weighted by Gasteiger charge is -2.14. The molecule has 0 unspecified atom stereocenters. The lowest BCUT2D eigenvalue weighted by molar-refractivity contribution is -0.133. The summed E-state index contributed by atoms with van der Waals surface area (Å²) >= 11 is 0. The maximum atomic E-state index is 12.3. The molecule has 0 aromatic rings. The minimum Gasteiger partial charge on any atom is -0.299 e. The van der Waals surface area contributed by atoms with Gasteiger partial charge in [0.05, 0.1) is 5.92 Å². The summed E-state index contributed by atoms with van der Waals surface area (Å²) in [4.78, 5) is 24.6. The molecule has 0 rings (SSSR count). The topological polar surface area (TPSA) is 34.1 Å². The summed E-state index contributed by atoms with van der Waals surface area (Å²) in [6.45, 7) is 6.46. The molecule has 22 heavy (non-hydrogen) atoms. The molecule has 0 aliphatic rings. The molecule has 0 aliphatic heterocycles.